The van der Waals surface area contributed by atoms with Crippen LogP contribution in [0.15, 0.2) is 12.3 Å². The van der Waals surface area contributed by atoms with Gasteiger partial charge in [0, 0.05) is 6.20 Å². The fraction of sp³-hybridized carbons (Fsp3) is 0.222. The molecule has 0 radical (unpaired) electrons. The summed E-state index contributed by atoms with van der Waals surface area (Å²) >= 11 is 0. The Morgan fingerprint density at radius 3 is 2.47 bits per heavy atom. The van der Waals surface area contributed by atoms with Crippen LogP contribution >= 0.6 is 0 Å². The van der Waals surface area contributed by atoms with Gasteiger partial charge in [-0.2, -0.15) is 23.7 Å². The van der Waals surface area contributed by atoms with Gasteiger partial charge in [-0.3, -0.25) is 0 Å². The molecule has 0 saturated carbocycles. The van der Waals surface area contributed by atoms with Crippen LogP contribution in [0.3, 0.4) is 0 Å². The van der Waals surface area contributed by atoms with Gasteiger partial charge in [0.05, 0.1) is 18.1 Å². The van der Waals surface area contributed by atoms with Gasteiger partial charge >= 0.3 is 6.18 Å². The molecular formula is C9H4F3N3. The van der Waals surface area contributed by atoms with Crippen molar-refractivity contribution in [1.29, 1.82) is 10.5 Å². The summed E-state index contributed by atoms with van der Waals surface area (Å²) in [6.07, 6.45) is -3.69. The molecule has 0 unspecified atom stereocenters. The van der Waals surface area contributed by atoms with Gasteiger partial charge in [0.25, 0.3) is 0 Å². The monoisotopic (exact) mass is 211 g/mol. The van der Waals surface area contributed by atoms with Crippen LogP contribution < -0.4 is 0 Å². The van der Waals surface area contributed by atoms with E-state index in [1.54, 1.807) is 6.07 Å². The first-order valence-electron chi connectivity index (χ1n) is 3.82. The molecule has 1 aromatic heterocycles. The second kappa shape index (κ2) is 3.97. The average molecular weight is 211 g/mol. The van der Waals surface area contributed by atoms with Crippen molar-refractivity contribution in [2.75, 3.05) is 0 Å². The lowest BCUT2D eigenvalue weighted by Gasteiger charge is -2.08. The third-order valence-electron chi connectivity index (χ3n) is 1.64. The zero-order valence-electron chi connectivity index (χ0n) is 7.34. The Morgan fingerprint density at radius 1 is 1.33 bits per heavy atom. The van der Waals surface area contributed by atoms with E-state index in [1.165, 1.54) is 6.07 Å². The standard InChI is InChI=1S/C9H4F3N3/c10-9(11,12)7-3-6(1-2-13)5-15-8(7)4-14/h3,5H,1H2. The summed E-state index contributed by atoms with van der Waals surface area (Å²) in [6, 6.07) is 3.84. The Morgan fingerprint density at radius 2 is 2.00 bits per heavy atom. The van der Waals surface area contributed by atoms with E-state index < -0.39 is 17.4 Å². The Balaban J connectivity index is 3.29. The van der Waals surface area contributed by atoms with Crippen LogP contribution in [0.5, 0.6) is 0 Å². The Bertz CT molecular complexity index is 451. The zero-order chi connectivity index (χ0) is 11.5. The largest absolute Gasteiger partial charge is 0.419 e. The lowest BCUT2D eigenvalue weighted by atomic mass is 10.1. The van der Waals surface area contributed by atoms with Crippen molar-refractivity contribution in [2.45, 2.75) is 12.6 Å². The second-order valence-electron chi connectivity index (χ2n) is 2.68. The number of halogens is 3. The first-order valence-corrected chi connectivity index (χ1v) is 3.82. The van der Waals surface area contributed by atoms with Crippen molar-refractivity contribution in [3.63, 3.8) is 0 Å². The van der Waals surface area contributed by atoms with Crippen LogP contribution in [0, 0.1) is 22.7 Å². The van der Waals surface area contributed by atoms with Crippen LogP contribution in [0.2, 0.25) is 0 Å². The van der Waals surface area contributed by atoms with Gasteiger partial charge in [-0.15, -0.1) is 0 Å². The van der Waals surface area contributed by atoms with Gasteiger partial charge in [-0.05, 0) is 11.6 Å². The molecule has 0 aliphatic rings. The van der Waals surface area contributed by atoms with Crippen LogP contribution in [0.4, 0.5) is 13.2 Å². The number of pyridine rings is 1. The number of nitrogens with zero attached hydrogens (tertiary/aromatic N) is 3. The highest BCUT2D eigenvalue weighted by molar-refractivity contribution is 5.36. The van der Waals surface area contributed by atoms with Gasteiger partial charge in [0.2, 0.25) is 0 Å². The third kappa shape index (κ3) is 2.44. The van der Waals surface area contributed by atoms with Crippen molar-refractivity contribution in [1.82, 2.24) is 4.98 Å². The molecule has 0 amide bonds. The minimum absolute atomic E-state index is 0.142. The fourth-order valence-corrected chi connectivity index (χ4v) is 1.00. The predicted molar refractivity (Wildman–Crippen MR) is 43.3 cm³/mol. The summed E-state index contributed by atoms with van der Waals surface area (Å²) in [7, 11) is 0. The maximum Gasteiger partial charge on any atom is 0.419 e. The predicted octanol–water partition coefficient (Wildman–Crippen LogP) is 2.04. The fourth-order valence-electron chi connectivity index (χ4n) is 1.00. The molecule has 15 heavy (non-hydrogen) atoms. The van der Waals surface area contributed by atoms with Crippen molar-refractivity contribution >= 4 is 0 Å². The van der Waals surface area contributed by atoms with Gasteiger partial charge in [0.15, 0.2) is 5.69 Å². The molecule has 0 saturated heterocycles. The lowest BCUT2D eigenvalue weighted by molar-refractivity contribution is -0.138. The van der Waals surface area contributed by atoms with Gasteiger partial charge in [-0.25, -0.2) is 4.98 Å². The molecule has 76 valence electrons. The van der Waals surface area contributed by atoms with E-state index >= 15 is 0 Å². The van der Waals surface area contributed by atoms with E-state index in [1.807, 2.05) is 0 Å². The molecule has 0 aromatic carbocycles. The number of hydrogen-bond donors (Lipinski definition) is 0. The SMILES string of the molecule is N#CCc1cnc(C#N)c(C(F)(F)F)c1. The molecule has 0 aliphatic heterocycles. The number of alkyl halides is 3. The van der Waals surface area contributed by atoms with Crippen LogP contribution in [0.25, 0.3) is 0 Å². The maximum absolute atomic E-state index is 12.4. The normalized spacial score (nSPS) is 10.5. The Kier molecular flexibility index (Phi) is 2.91. The molecule has 0 spiro atoms. The quantitative estimate of drug-likeness (QED) is 0.714. The smallest absolute Gasteiger partial charge is 0.245 e. The molecule has 1 aromatic rings. The summed E-state index contributed by atoms with van der Waals surface area (Å²) in [5, 5.41) is 16.7. The molecule has 0 bridgehead atoms. The van der Waals surface area contributed by atoms with E-state index in [2.05, 4.69) is 4.98 Å². The first-order chi connectivity index (χ1) is 6.99. The summed E-state index contributed by atoms with van der Waals surface area (Å²) < 4.78 is 37.1. The molecule has 6 heteroatoms. The molecule has 0 atom stereocenters. The van der Waals surface area contributed by atoms with Gasteiger partial charge in [0.1, 0.15) is 6.07 Å². The minimum atomic E-state index is -4.62. The van der Waals surface area contributed by atoms with Crippen molar-refractivity contribution in [3.05, 3.63) is 29.1 Å². The second-order valence-corrected chi connectivity index (χ2v) is 2.68. The van der Waals surface area contributed by atoms with Crippen molar-refractivity contribution < 1.29 is 13.2 Å². The van der Waals surface area contributed by atoms with E-state index in [0.29, 0.717) is 0 Å². The van der Waals surface area contributed by atoms with E-state index in [4.69, 9.17) is 10.5 Å². The number of aromatic nitrogens is 1. The summed E-state index contributed by atoms with van der Waals surface area (Å²) in [5.74, 6) is 0. The molecule has 0 aliphatic carbocycles. The summed E-state index contributed by atoms with van der Waals surface area (Å²) in [5.41, 5.74) is -1.63. The van der Waals surface area contributed by atoms with Crippen molar-refractivity contribution in [3.8, 4) is 12.1 Å². The highest BCUT2D eigenvalue weighted by Crippen LogP contribution is 2.31. The molecule has 1 heterocycles. The number of nitriles is 2. The maximum atomic E-state index is 12.4. The Hall–Kier alpha value is -2.08. The zero-order valence-corrected chi connectivity index (χ0v) is 7.34. The molecule has 0 N–H and O–H groups in total. The summed E-state index contributed by atoms with van der Waals surface area (Å²) in [4.78, 5) is 3.35. The number of rotatable bonds is 1. The van der Waals surface area contributed by atoms with Crippen LogP contribution in [0.1, 0.15) is 16.8 Å². The third-order valence-corrected chi connectivity index (χ3v) is 1.64. The van der Waals surface area contributed by atoms with Gasteiger partial charge < -0.3 is 0 Å². The van der Waals surface area contributed by atoms with Gasteiger partial charge in [-0.1, -0.05) is 0 Å². The first kappa shape index (κ1) is 11.0. The van der Waals surface area contributed by atoms with E-state index in [-0.39, 0.29) is 12.0 Å². The van der Waals surface area contributed by atoms with Crippen LogP contribution in [-0.4, -0.2) is 4.98 Å². The number of hydrogen-bond acceptors (Lipinski definition) is 3. The van der Waals surface area contributed by atoms with Crippen molar-refractivity contribution in [2.24, 2.45) is 0 Å². The summed E-state index contributed by atoms with van der Waals surface area (Å²) in [6.45, 7) is 0. The lowest BCUT2D eigenvalue weighted by Crippen LogP contribution is -2.10. The Labute approximate surface area is 83.4 Å². The topological polar surface area (TPSA) is 60.5 Å². The van der Waals surface area contributed by atoms with Crippen LogP contribution in [-0.2, 0) is 12.6 Å². The molecular weight excluding hydrogens is 207 g/mol. The van der Waals surface area contributed by atoms with E-state index in [9.17, 15) is 13.2 Å². The molecule has 1 rings (SSSR count). The minimum Gasteiger partial charge on any atom is -0.245 e. The molecule has 3 nitrogen and oxygen atoms in total. The highest BCUT2D eigenvalue weighted by Gasteiger charge is 2.34. The molecule has 0 fully saturated rings. The highest BCUT2D eigenvalue weighted by atomic mass is 19.4. The average Bonchev–Trinajstić information content (AvgIpc) is 2.17. The van der Waals surface area contributed by atoms with E-state index in [0.717, 1.165) is 12.3 Å².